The van der Waals surface area contributed by atoms with Gasteiger partial charge in [0.05, 0.1) is 20.3 Å². The van der Waals surface area contributed by atoms with Gasteiger partial charge in [0.15, 0.2) is 16.6 Å². The van der Waals surface area contributed by atoms with Crippen LogP contribution in [0.15, 0.2) is 48.5 Å². The first-order valence-electron chi connectivity index (χ1n) is 7.59. The third kappa shape index (κ3) is 5.31. The van der Waals surface area contributed by atoms with Crippen LogP contribution in [0.4, 0.5) is 5.69 Å². The van der Waals surface area contributed by atoms with Gasteiger partial charge < -0.3 is 24.8 Å². The Morgan fingerprint density at radius 2 is 1.79 bits per heavy atom. The van der Waals surface area contributed by atoms with Gasteiger partial charge in [-0.3, -0.25) is 0 Å². The Balaban J connectivity index is 1.83. The van der Waals surface area contributed by atoms with Gasteiger partial charge in [0.25, 0.3) is 0 Å². The summed E-state index contributed by atoms with van der Waals surface area (Å²) in [6.45, 7) is 2.45. The second-order valence-corrected chi connectivity index (χ2v) is 5.60. The number of nitrogens with one attached hydrogen (secondary N) is 2. The van der Waals surface area contributed by atoms with Crippen molar-refractivity contribution in [2.45, 2.75) is 13.0 Å². The molecule has 2 N–H and O–H groups in total. The molecule has 0 saturated carbocycles. The summed E-state index contributed by atoms with van der Waals surface area (Å²) in [6.07, 6.45) is 0. The third-order valence-electron chi connectivity index (χ3n) is 3.26. The molecule has 24 heavy (non-hydrogen) atoms. The molecule has 0 heterocycles. The molecule has 0 aliphatic rings. The van der Waals surface area contributed by atoms with Gasteiger partial charge in [-0.25, -0.2) is 0 Å². The van der Waals surface area contributed by atoms with Gasteiger partial charge in [-0.05, 0) is 43.4 Å². The molecule has 2 aromatic rings. The summed E-state index contributed by atoms with van der Waals surface area (Å²) < 4.78 is 16.2. The maximum atomic E-state index is 5.78. The molecule has 2 aromatic carbocycles. The van der Waals surface area contributed by atoms with Crippen molar-refractivity contribution in [1.82, 2.24) is 5.32 Å². The zero-order valence-corrected chi connectivity index (χ0v) is 14.9. The summed E-state index contributed by atoms with van der Waals surface area (Å²) in [5.74, 6) is 2.19. The molecule has 0 aliphatic carbocycles. The summed E-state index contributed by atoms with van der Waals surface area (Å²) in [5, 5.41) is 6.84. The molecule has 1 unspecified atom stereocenters. The quantitative estimate of drug-likeness (QED) is 0.749. The highest BCUT2D eigenvalue weighted by molar-refractivity contribution is 7.80. The maximum Gasteiger partial charge on any atom is 0.171 e. The van der Waals surface area contributed by atoms with E-state index in [0.29, 0.717) is 23.2 Å². The Labute approximate surface area is 147 Å². The van der Waals surface area contributed by atoms with Crippen molar-refractivity contribution in [3.05, 3.63) is 48.5 Å². The van der Waals surface area contributed by atoms with Crippen molar-refractivity contribution in [3.63, 3.8) is 0 Å². The number of hydrogen-bond donors (Lipinski definition) is 2. The maximum absolute atomic E-state index is 5.78. The van der Waals surface area contributed by atoms with Crippen LogP contribution in [0.5, 0.6) is 17.2 Å². The minimum atomic E-state index is 0.0283. The monoisotopic (exact) mass is 346 g/mol. The molecule has 0 radical (unpaired) electrons. The van der Waals surface area contributed by atoms with Crippen molar-refractivity contribution >= 4 is 23.0 Å². The van der Waals surface area contributed by atoms with Crippen molar-refractivity contribution in [2.75, 3.05) is 26.1 Å². The van der Waals surface area contributed by atoms with Crippen molar-refractivity contribution in [2.24, 2.45) is 0 Å². The Kier molecular flexibility index (Phi) is 6.69. The molecule has 128 valence electrons. The minimum Gasteiger partial charge on any atom is -0.497 e. The lowest BCUT2D eigenvalue weighted by Crippen LogP contribution is -2.39. The second kappa shape index (κ2) is 8.98. The Bertz CT molecular complexity index is 679. The molecule has 2 rings (SSSR count). The van der Waals surface area contributed by atoms with E-state index in [1.165, 1.54) is 0 Å². The largest absolute Gasteiger partial charge is 0.497 e. The Morgan fingerprint density at radius 3 is 2.50 bits per heavy atom. The minimum absolute atomic E-state index is 0.0283. The van der Waals surface area contributed by atoms with Crippen LogP contribution >= 0.6 is 12.2 Å². The van der Waals surface area contributed by atoms with E-state index in [1.54, 1.807) is 14.2 Å². The molecule has 5 nitrogen and oxygen atoms in total. The van der Waals surface area contributed by atoms with Crippen molar-refractivity contribution in [3.8, 4) is 17.2 Å². The molecule has 1 atom stereocenters. The molecule has 0 aliphatic heterocycles. The van der Waals surface area contributed by atoms with Crippen LogP contribution in [0.3, 0.4) is 0 Å². The fourth-order valence-corrected chi connectivity index (χ4v) is 2.41. The van der Waals surface area contributed by atoms with Crippen LogP contribution < -0.4 is 24.8 Å². The molecule has 0 fully saturated rings. The van der Waals surface area contributed by atoms with Crippen molar-refractivity contribution in [1.29, 1.82) is 0 Å². The average molecular weight is 346 g/mol. The number of benzene rings is 2. The number of para-hydroxylation sites is 2. The van der Waals surface area contributed by atoms with E-state index < -0.39 is 0 Å². The predicted molar refractivity (Wildman–Crippen MR) is 100 cm³/mol. The third-order valence-corrected chi connectivity index (χ3v) is 3.48. The van der Waals surface area contributed by atoms with Gasteiger partial charge in [0, 0.05) is 11.8 Å². The molecule has 6 heteroatoms. The van der Waals surface area contributed by atoms with E-state index in [0.717, 1.165) is 11.4 Å². The normalized spacial score (nSPS) is 11.3. The standard InChI is InChI=1S/C18H22N2O3S/c1-13(12-23-17-10-5-4-9-16(17)22-3)19-18(24)20-14-7-6-8-15(11-14)21-2/h4-11,13H,12H2,1-3H3,(H2,19,20,24). The van der Waals surface area contributed by atoms with Gasteiger partial charge >= 0.3 is 0 Å². The summed E-state index contributed by atoms with van der Waals surface area (Å²) in [7, 11) is 3.25. The lowest BCUT2D eigenvalue weighted by atomic mass is 10.3. The van der Waals surface area contributed by atoms with Crippen molar-refractivity contribution < 1.29 is 14.2 Å². The molecule has 0 bridgehead atoms. The fraction of sp³-hybridized carbons (Fsp3) is 0.278. The molecule has 0 saturated heterocycles. The van der Waals surface area contributed by atoms with E-state index in [2.05, 4.69) is 10.6 Å². The number of rotatable bonds is 7. The van der Waals surface area contributed by atoms with E-state index in [1.807, 2.05) is 55.5 Å². The number of ether oxygens (including phenoxy) is 3. The van der Waals surface area contributed by atoms with E-state index in [4.69, 9.17) is 26.4 Å². The molecule has 0 spiro atoms. The highest BCUT2D eigenvalue weighted by Gasteiger charge is 2.08. The number of methoxy groups -OCH3 is 2. The van der Waals surface area contributed by atoms with E-state index in [9.17, 15) is 0 Å². The summed E-state index contributed by atoms with van der Waals surface area (Å²) in [6, 6.07) is 15.2. The topological polar surface area (TPSA) is 51.8 Å². The van der Waals surface area contributed by atoms with Gasteiger partial charge in [-0.15, -0.1) is 0 Å². The highest BCUT2D eigenvalue weighted by Crippen LogP contribution is 2.25. The Morgan fingerprint density at radius 1 is 1.04 bits per heavy atom. The van der Waals surface area contributed by atoms with Crippen LogP contribution in [-0.4, -0.2) is 32.0 Å². The summed E-state index contributed by atoms with van der Waals surface area (Å²) in [4.78, 5) is 0. The SMILES string of the molecule is COc1cccc(NC(=S)NC(C)COc2ccccc2OC)c1. The molecular weight excluding hydrogens is 324 g/mol. The number of anilines is 1. The molecule has 0 amide bonds. The summed E-state index contributed by atoms with van der Waals surface area (Å²) >= 11 is 5.33. The number of thiocarbonyl (C=S) groups is 1. The number of hydrogen-bond acceptors (Lipinski definition) is 4. The summed E-state index contributed by atoms with van der Waals surface area (Å²) in [5.41, 5.74) is 0.865. The first kappa shape index (κ1) is 17.9. The van der Waals surface area contributed by atoms with Gasteiger partial charge in [0.2, 0.25) is 0 Å². The lowest BCUT2D eigenvalue weighted by Gasteiger charge is -2.18. The van der Waals surface area contributed by atoms with Gasteiger partial charge in [0.1, 0.15) is 12.4 Å². The van der Waals surface area contributed by atoms with Gasteiger partial charge in [-0.1, -0.05) is 18.2 Å². The van der Waals surface area contributed by atoms with E-state index in [-0.39, 0.29) is 6.04 Å². The fourth-order valence-electron chi connectivity index (χ4n) is 2.09. The molecule has 0 aromatic heterocycles. The van der Waals surface area contributed by atoms with Crippen LogP contribution in [0.25, 0.3) is 0 Å². The zero-order valence-electron chi connectivity index (χ0n) is 14.0. The average Bonchev–Trinajstić information content (AvgIpc) is 2.60. The van der Waals surface area contributed by atoms with Crippen LogP contribution in [0.1, 0.15) is 6.92 Å². The van der Waals surface area contributed by atoms with Gasteiger partial charge in [-0.2, -0.15) is 0 Å². The predicted octanol–water partition coefficient (Wildman–Crippen LogP) is 3.46. The Hall–Kier alpha value is -2.47. The molecular formula is C18H22N2O3S. The first-order chi connectivity index (χ1) is 11.6. The van der Waals surface area contributed by atoms with Crippen LogP contribution in [0.2, 0.25) is 0 Å². The first-order valence-corrected chi connectivity index (χ1v) is 8.00. The van der Waals surface area contributed by atoms with Crippen LogP contribution in [-0.2, 0) is 0 Å². The zero-order chi connectivity index (χ0) is 17.4. The lowest BCUT2D eigenvalue weighted by molar-refractivity contribution is 0.270. The van der Waals surface area contributed by atoms with Crippen LogP contribution in [0, 0.1) is 0 Å². The van der Waals surface area contributed by atoms with E-state index >= 15 is 0 Å². The second-order valence-electron chi connectivity index (χ2n) is 5.19. The highest BCUT2D eigenvalue weighted by atomic mass is 32.1. The smallest absolute Gasteiger partial charge is 0.171 e.